The van der Waals surface area contributed by atoms with E-state index in [1.54, 1.807) is 19.2 Å². The van der Waals surface area contributed by atoms with E-state index in [1.165, 1.54) is 42.0 Å². The number of hydrogen-bond acceptors (Lipinski definition) is 19. The number of carbonyl (C=O) groups is 3. The summed E-state index contributed by atoms with van der Waals surface area (Å²) in [7, 11) is -1.15. The lowest BCUT2D eigenvalue weighted by molar-refractivity contribution is -0.383. The molecular formula is C59H76N14O12S. The van der Waals surface area contributed by atoms with Crippen LogP contribution in [0.4, 0.5) is 11.4 Å². The van der Waals surface area contributed by atoms with Gasteiger partial charge in [-0.25, -0.2) is 17.0 Å². The van der Waals surface area contributed by atoms with Crippen molar-refractivity contribution in [2.24, 2.45) is 32.7 Å². The molecule has 3 aromatic carbocycles. The average Bonchev–Trinajstić information content (AvgIpc) is 0.859. The van der Waals surface area contributed by atoms with Gasteiger partial charge in [0.25, 0.3) is 27.4 Å². The predicted molar refractivity (Wildman–Crippen MR) is 320 cm³/mol. The number of nitrogens with one attached hydrogen (secondary N) is 4. The molecule has 3 aliphatic carbocycles. The van der Waals surface area contributed by atoms with E-state index >= 15 is 0 Å². The normalized spacial score (nSPS) is 17.7. The molecule has 4 aliphatic rings. The van der Waals surface area contributed by atoms with Gasteiger partial charge >= 0.3 is 5.69 Å². The van der Waals surface area contributed by atoms with E-state index in [9.17, 15) is 37.7 Å². The van der Waals surface area contributed by atoms with Crippen molar-refractivity contribution in [1.82, 2.24) is 35.2 Å². The first kappa shape index (κ1) is 63.6. The highest BCUT2D eigenvalue weighted by Gasteiger charge is 2.56. The summed E-state index contributed by atoms with van der Waals surface area (Å²) < 4.78 is 50.8. The SMILES string of the molecule is COc1cc(C(C)(C)CCCCCCN=[N+]=[N-])cc(OC)c1[C@H]1C=C(CNC(=O)CCCCNC(=O)c2ccc(=O)n(S(=O)(=O)c3cccc(C(=O)NCCC4CN(CCOCCNc5ccc([N+](=O)[O-])c6nonc56)N=N4)c3)c2)[C@H]2C[C@@H]1C2(C)C. The third-order valence-electron chi connectivity index (χ3n) is 16.7. The second kappa shape index (κ2) is 28.6. The lowest BCUT2D eigenvalue weighted by Crippen LogP contribution is -2.52. The van der Waals surface area contributed by atoms with Crippen LogP contribution >= 0.6 is 0 Å². The Morgan fingerprint density at radius 1 is 0.907 bits per heavy atom. The number of carbonyl (C=O) groups excluding carboxylic acids is 3. The number of anilines is 1. The topological polar surface area (TPSA) is 342 Å². The van der Waals surface area contributed by atoms with Gasteiger partial charge < -0.3 is 35.5 Å². The van der Waals surface area contributed by atoms with E-state index < -0.39 is 32.3 Å². The maximum Gasteiger partial charge on any atom is 0.300 e. The van der Waals surface area contributed by atoms with Crippen molar-refractivity contribution in [2.45, 2.75) is 114 Å². The third kappa shape index (κ3) is 15.1. The molecule has 4 N–H and O–H groups in total. The molecule has 5 aromatic rings. The van der Waals surface area contributed by atoms with Gasteiger partial charge in [-0.15, -0.1) is 0 Å². The number of aromatic nitrogens is 3. The molecule has 2 aromatic heterocycles. The number of amides is 3. The highest BCUT2D eigenvalue weighted by Crippen LogP contribution is 2.65. The van der Waals surface area contributed by atoms with E-state index in [-0.39, 0.29) is 81.0 Å². The van der Waals surface area contributed by atoms with Crippen molar-refractivity contribution < 1.29 is 46.6 Å². The van der Waals surface area contributed by atoms with Crippen LogP contribution in [0.25, 0.3) is 21.5 Å². The van der Waals surface area contributed by atoms with Crippen LogP contribution in [0.2, 0.25) is 0 Å². The number of pyridine rings is 1. The number of ether oxygens (including phenoxy) is 3. The lowest BCUT2D eigenvalue weighted by atomic mass is 9.45. The Bertz CT molecular complexity index is 3530. The van der Waals surface area contributed by atoms with Crippen molar-refractivity contribution >= 4 is 50.2 Å². The number of azide groups is 1. The number of nitrogens with zero attached hydrogens (tertiary/aromatic N) is 10. The van der Waals surface area contributed by atoms with E-state index in [1.807, 2.05) is 0 Å². The highest BCUT2D eigenvalue weighted by atomic mass is 32.2. The van der Waals surface area contributed by atoms with Crippen LogP contribution in [-0.4, -0.2) is 130 Å². The minimum absolute atomic E-state index is 0.0138. The van der Waals surface area contributed by atoms with Gasteiger partial charge in [-0.05, 0) is 125 Å². The summed E-state index contributed by atoms with van der Waals surface area (Å²) in [5.74, 6) is 1.01. The number of methoxy groups -OCH3 is 2. The molecule has 4 atom stereocenters. The molecule has 86 heavy (non-hydrogen) atoms. The largest absolute Gasteiger partial charge is 0.496 e. The molecule has 1 aliphatic heterocycles. The van der Waals surface area contributed by atoms with Crippen LogP contribution in [0.1, 0.15) is 130 Å². The molecule has 0 radical (unpaired) electrons. The molecule has 1 fully saturated rings. The zero-order valence-corrected chi connectivity index (χ0v) is 50.3. The standard InChI is InChI=1S/C59H76N14O12S/c1-58(2,22-10-7-8-11-24-65-69-60)41-32-49(82-5)53(50(33-41)83-6)44-31-40(45-34-46(44)59(45,3)4)35-64-51(74)16-9-12-23-62-57(77)39-17-20-52(75)72(36-39)86(80,81)43-15-13-14-38(30-43)56(76)63-25-21-42-37-71(70-66-42)27-29-84-28-26-61-47-18-19-48(73(78)79)55-54(47)67-85-68-55/h13-15,17-20,30-33,36,42,44-46,61H,7-12,16,21-29,34-35,37H2,1-6H3,(H,62,77)(H,63,76)(H,64,74)/t42?,44-,45+,46-/m0/s1. The second-order valence-corrected chi connectivity index (χ2v) is 24.9. The summed E-state index contributed by atoms with van der Waals surface area (Å²) in [5.41, 5.74) is 11.4. The molecule has 0 spiro atoms. The fourth-order valence-corrected chi connectivity index (χ4v) is 13.0. The molecule has 3 heterocycles. The molecule has 9 rings (SSSR count). The number of fused-ring (bicyclic) bond motifs is 2. The van der Waals surface area contributed by atoms with Gasteiger partial charge in [0.2, 0.25) is 11.4 Å². The third-order valence-corrected chi connectivity index (χ3v) is 18.4. The van der Waals surface area contributed by atoms with Crippen LogP contribution in [0.5, 0.6) is 11.5 Å². The molecule has 26 nitrogen and oxygen atoms in total. The predicted octanol–water partition coefficient (Wildman–Crippen LogP) is 8.79. The van der Waals surface area contributed by atoms with E-state index in [2.05, 4.69) is 102 Å². The fourth-order valence-electron chi connectivity index (χ4n) is 11.7. The van der Waals surface area contributed by atoms with Gasteiger partial charge in [-0.2, -0.15) is 5.11 Å². The zero-order valence-electron chi connectivity index (χ0n) is 49.5. The average molecular weight is 1210 g/mol. The minimum atomic E-state index is -4.55. The first-order valence-electron chi connectivity index (χ1n) is 29.0. The molecule has 3 amide bonds. The smallest absolute Gasteiger partial charge is 0.300 e. The van der Waals surface area contributed by atoms with Crippen molar-refractivity contribution in [2.75, 3.05) is 78.6 Å². The number of allylic oxidation sites excluding steroid dienone is 1. The maximum atomic E-state index is 13.8. The van der Waals surface area contributed by atoms with Gasteiger partial charge in [0.1, 0.15) is 11.5 Å². The van der Waals surface area contributed by atoms with Crippen LogP contribution in [0, 0.1) is 27.4 Å². The molecule has 27 heteroatoms. The first-order valence-corrected chi connectivity index (χ1v) is 30.5. The molecule has 460 valence electrons. The quantitative estimate of drug-likeness (QED) is 0.00580. The van der Waals surface area contributed by atoms with Crippen LogP contribution < -0.4 is 36.3 Å². The number of non-ortho nitro benzene ring substituents is 1. The molecule has 0 saturated heterocycles. The van der Waals surface area contributed by atoms with Gasteiger partial charge in [0.05, 0.1) is 67.6 Å². The minimum Gasteiger partial charge on any atom is -0.496 e. The molecule has 1 unspecified atom stereocenters. The first-order chi connectivity index (χ1) is 41.3. The Morgan fingerprint density at radius 2 is 1.65 bits per heavy atom. The molecular weight excluding hydrogens is 1130 g/mol. The Labute approximate surface area is 498 Å². The van der Waals surface area contributed by atoms with Crippen molar-refractivity contribution in [3.63, 3.8) is 0 Å². The number of unbranched alkanes of at least 4 members (excludes halogenated alkanes) is 4. The van der Waals surface area contributed by atoms with Crippen LogP contribution in [-0.2, 0) is 25.0 Å². The van der Waals surface area contributed by atoms with Gasteiger partial charge in [-0.3, -0.25) is 34.3 Å². The van der Waals surface area contributed by atoms with Crippen molar-refractivity contribution in [3.8, 4) is 11.5 Å². The lowest BCUT2D eigenvalue weighted by Gasteiger charge is -2.59. The number of nitro groups is 1. The Hall–Kier alpha value is -8.42. The Balaban J connectivity index is 0.751. The number of rotatable bonds is 33. The molecule has 2 bridgehead atoms. The van der Waals surface area contributed by atoms with E-state index in [0.717, 1.165) is 79.5 Å². The fraction of sp³-hybridized carbons (Fsp3) is 0.525. The summed E-state index contributed by atoms with van der Waals surface area (Å²) in [5, 5.41) is 44.3. The van der Waals surface area contributed by atoms with Crippen molar-refractivity contribution in [1.29, 1.82) is 0 Å². The summed E-state index contributed by atoms with van der Waals surface area (Å²) >= 11 is 0. The summed E-state index contributed by atoms with van der Waals surface area (Å²) in [6.07, 6.45) is 10.8. The maximum absolute atomic E-state index is 13.8. The molecule has 1 saturated carbocycles. The van der Waals surface area contributed by atoms with Crippen LogP contribution in [0.3, 0.4) is 0 Å². The second-order valence-electron chi connectivity index (χ2n) is 23.1. The summed E-state index contributed by atoms with van der Waals surface area (Å²) in [4.78, 5) is 65.9. The summed E-state index contributed by atoms with van der Waals surface area (Å²) in [6, 6.07) is 14.4. The Kier molecular flexibility index (Phi) is 21.2. The zero-order chi connectivity index (χ0) is 61.6. The van der Waals surface area contributed by atoms with Gasteiger partial charge in [0.15, 0.2) is 5.52 Å². The van der Waals surface area contributed by atoms with Crippen LogP contribution in [0.15, 0.2) is 108 Å². The van der Waals surface area contributed by atoms with E-state index in [0.29, 0.717) is 86.7 Å². The van der Waals surface area contributed by atoms with E-state index in [4.69, 9.17) is 19.7 Å². The number of benzene rings is 3. The van der Waals surface area contributed by atoms with Gasteiger partial charge in [0, 0.05) is 79.4 Å². The Morgan fingerprint density at radius 3 is 2.40 bits per heavy atom. The number of nitro benzene ring substituents is 1. The monoisotopic (exact) mass is 1200 g/mol. The van der Waals surface area contributed by atoms with Gasteiger partial charge in [-0.1, -0.05) is 75.0 Å². The summed E-state index contributed by atoms with van der Waals surface area (Å²) in [6.45, 7) is 12.4. The van der Waals surface area contributed by atoms with Crippen molar-refractivity contribution in [3.05, 3.63) is 132 Å². The number of hydrogen-bond donors (Lipinski definition) is 4. The highest BCUT2D eigenvalue weighted by molar-refractivity contribution is 7.90.